The Morgan fingerprint density at radius 1 is 1.29 bits per heavy atom. The Kier molecular flexibility index (Phi) is 3.59. The third-order valence-corrected chi connectivity index (χ3v) is 3.25. The minimum Gasteiger partial charge on any atom is -0.508 e. The van der Waals surface area contributed by atoms with E-state index in [-0.39, 0.29) is 5.75 Å². The summed E-state index contributed by atoms with van der Waals surface area (Å²) in [5.41, 5.74) is 2.11. The maximum Gasteiger partial charge on any atom is 0.116 e. The van der Waals surface area contributed by atoms with Gasteiger partial charge in [-0.15, -0.1) is 11.3 Å². The van der Waals surface area contributed by atoms with Crippen LogP contribution in [-0.2, 0) is 0 Å². The van der Waals surface area contributed by atoms with Crippen LogP contribution in [0.3, 0.4) is 0 Å². The fourth-order valence-corrected chi connectivity index (χ4v) is 2.31. The van der Waals surface area contributed by atoms with Crippen molar-refractivity contribution in [3.05, 3.63) is 45.9 Å². The van der Waals surface area contributed by atoms with Crippen LogP contribution in [-0.4, -0.2) is 10.1 Å². The van der Waals surface area contributed by atoms with E-state index in [4.69, 9.17) is 0 Å². The molecule has 2 rings (SSSR count). The summed E-state index contributed by atoms with van der Waals surface area (Å²) in [4.78, 5) is 4.52. The predicted octanol–water partition coefficient (Wildman–Crippen LogP) is 4.14. The maximum atomic E-state index is 9.34. The number of nitrogens with zero attached hydrogens (tertiary/aromatic N) is 1. The topological polar surface area (TPSA) is 33.1 Å². The first kappa shape index (κ1) is 11.9. The summed E-state index contributed by atoms with van der Waals surface area (Å²) >= 11 is 1.64. The Bertz CT molecular complexity index is 529. The molecule has 0 spiro atoms. The molecule has 0 bridgehead atoms. The molecule has 1 aromatic carbocycles. The van der Waals surface area contributed by atoms with Gasteiger partial charge in [0.25, 0.3) is 0 Å². The molecule has 1 N–H and O–H groups in total. The third-order valence-electron chi connectivity index (χ3n) is 2.42. The SMILES string of the molecule is CC(C)c1csc(C=Cc2cccc(O)c2)n1. The van der Waals surface area contributed by atoms with Gasteiger partial charge in [0.1, 0.15) is 10.8 Å². The molecule has 2 aromatic rings. The van der Waals surface area contributed by atoms with E-state index in [1.54, 1.807) is 23.5 Å². The van der Waals surface area contributed by atoms with Crippen molar-refractivity contribution in [2.24, 2.45) is 0 Å². The molecule has 0 saturated carbocycles. The summed E-state index contributed by atoms with van der Waals surface area (Å²) in [6.07, 6.45) is 3.94. The van der Waals surface area contributed by atoms with E-state index in [1.165, 1.54) is 0 Å². The molecule has 0 aliphatic heterocycles. The molecule has 17 heavy (non-hydrogen) atoms. The zero-order valence-corrected chi connectivity index (χ0v) is 10.7. The number of thiazole rings is 1. The lowest BCUT2D eigenvalue weighted by atomic mass is 10.2. The van der Waals surface area contributed by atoms with E-state index in [0.717, 1.165) is 16.3 Å². The van der Waals surface area contributed by atoms with Crippen LogP contribution < -0.4 is 0 Å². The Labute approximate surface area is 105 Å². The number of aromatic hydroxyl groups is 1. The maximum absolute atomic E-state index is 9.34. The second-order valence-electron chi connectivity index (χ2n) is 4.19. The van der Waals surface area contributed by atoms with E-state index < -0.39 is 0 Å². The van der Waals surface area contributed by atoms with Crippen molar-refractivity contribution in [2.45, 2.75) is 19.8 Å². The number of aromatic nitrogens is 1. The summed E-state index contributed by atoms with van der Waals surface area (Å²) in [6, 6.07) is 7.18. The summed E-state index contributed by atoms with van der Waals surface area (Å²) in [7, 11) is 0. The number of benzene rings is 1. The van der Waals surface area contributed by atoms with Crippen molar-refractivity contribution in [1.82, 2.24) is 4.98 Å². The van der Waals surface area contributed by atoms with Gasteiger partial charge in [-0.05, 0) is 29.7 Å². The van der Waals surface area contributed by atoms with E-state index in [9.17, 15) is 5.11 Å². The molecule has 3 heteroatoms. The molecule has 0 fully saturated rings. The lowest BCUT2D eigenvalue weighted by Crippen LogP contribution is -1.85. The van der Waals surface area contributed by atoms with Gasteiger partial charge in [0.15, 0.2) is 0 Å². The van der Waals surface area contributed by atoms with Crippen molar-refractivity contribution < 1.29 is 5.11 Å². The quantitative estimate of drug-likeness (QED) is 0.881. The first-order valence-corrected chi connectivity index (χ1v) is 6.45. The lowest BCUT2D eigenvalue weighted by molar-refractivity contribution is 0.475. The largest absolute Gasteiger partial charge is 0.508 e. The fraction of sp³-hybridized carbons (Fsp3) is 0.214. The average molecular weight is 245 g/mol. The smallest absolute Gasteiger partial charge is 0.116 e. The zero-order chi connectivity index (χ0) is 12.3. The van der Waals surface area contributed by atoms with E-state index in [0.29, 0.717) is 5.92 Å². The van der Waals surface area contributed by atoms with Crippen LogP contribution in [0, 0.1) is 0 Å². The minimum absolute atomic E-state index is 0.286. The van der Waals surface area contributed by atoms with Crippen LogP contribution in [0.1, 0.15) is 36.0 Å². The lowest BCUT2D eigenvalue weighted by Gasteiger charge is -1.96. The fourth-order valence-electron chi connectivity index (χ4n) is 1.44. The normalized spacial score (nSPS) is 11.5. The molecular formula is C14H15NOS. The Balaban J connectivity index is 2.14. The molecular weight excluding hydrogens is 230 g/mol. The van der Waals surface area contributed by atoms with Crippen LogP contribution >= 0.6 is 11.3 Å². The first-order valence-electron chi connectivity index (χ1n) is 5.57. The van der Waals surface area contributed by atoms with Crippen molar-refractivity contribution >= 4 is 23.5 Å². The van der Waals surface area contributed by atoms with Gasteiger partial charge in [0, 0.05) is 5.38 Å². The molecule has 0 aliphatic rings. The standard InChI is InChI=1S/C14H15NOS/c1-10(2)13-9-17-14(15-13)7-6-11-4-3-5-12(16)8-11/h3-10,16H,1-2H3. The molecule has 1 heterocycles. The second-order valence-corrected chi connectivity index (χ2v) is 5.08. The number of phenols is 1. The van der Waals surface area contributed by atoms with Gasteiger partial charge in [-0.25, -0.2) is 4.98 Å². The number of hydrogen-bond acceptors (Lipinski definition) is 3. The molecule has 0 amide bonds. The summed E-state index contributed by atoms with van der Waals surface area (Å²) in [5.74, 6) is 0.753. The highest BCUT2D eigenvalue weighted by molar-refractivity contribution is 7.10. The highest BCUT2D eigenvalue weighted by atomic mass is 32.1. The van der Waals surface area contributed by atoms with Crippen molar-refractivity contribution in [3.8, 4) is 5.75 Å². The van der Waals surface area contributed by atoms with Crippen LogP contribution in [0.2, 0.25) is 0 Å². The highest BCUT2D eigenvalue weighted by Gasteiger charge is 2.02. The summed E-state index contributed by atoms with van der Waals surface area (Å²) in [5, 5.41) is 12.4. The van der Waals surface area contributed by atoms with Gasteiger partial charge < -0.3 is 5.11 Å². The van der Waals surface area contributed by atoms with Crippen molar-refractivity contribution in [3.63, 3.8) is 0 Å². The molecule has 0 unspecified atom stereocenters. The zero-order valence-electron chi connectivity index (χ0n) is 9.92. The molecule has 0 atom stereocenters. The van der Waals surface area contributed by atoms with Gasteiger partial charge in [0.05, 0.1) is 5.69 Å². The Morgan fingerprint density at radius 2 is 2.12 bits per heavy atom. The van der Waals surface area contributed by atoms with Crippen molar-refractivity contribution in [2.75, 3.05) is 0 Å². The van der Waals surface area contributed by atoms with Crippen LogP contribution in [0.5, 0.6) is 5.75 Å². The van der Waals surface area contributed by atoms with Gasteiger partial charge in [-0.3, -0.25) is 0 Å². The minimum atomic E-state index is 0.286. The van der Waals surface area contributed by atoms with Gasteiger partial charge >= 0.3 is 0 Å². The van der Waals surface area contributed by atoms with Crippen LogP contribution in [0.15, 0.2) is 29.6 Å². The van der Waals surface area contributed by atoms with E-state index in [2.05, 4.69) is 24.2 Å². The Morgan fingerprint density at radius 3 is 2.76 bits per heavy atom. The summed E-state index contributed by atoms with van der Waals surface area (Å²) < 4.78 is 0. The molecule has 2 nitrogen and oxygen atoms in total. The van der Waals surface area contributed by atoms with Gasteiger partial charge in [-0.1, -0.05) is 32.1 Å². The molecule has 0 saturated heterocycles. The summed E-state index contributed by atoms with van der Waals surface area (Å²) in [6.45, 7) is 4.27. The Hall–Kier alpha value is -1.61. The molecule has 1 aromatic heterocycles. The van der Waals surface area contributed by atoms with Crippen molar-refractivity contribution in [1.29, 1.82) is 0 Å². The molecule has 0 radical (unpaired) electrons. The average Bonchev–Trinajstić information content (AvgIpc) is 2.75. The predicted molar refractivity (Wildman–Crippen MR) is 73.2 cm³/mol. The highest BCUT2D eigenvalue weighted by Crippen LogP contribution is 2.20. The molecule has 0 aliphatic carbocycles. The van der Waals surface area contributed by atoms with Crippen LogP contribution in [0.25, 0.3) is 12.2 Å². The van der Waals surface area contributed by atoms with E-state index >= 15 is 0 Å². The monoisotopic (exact) mass is 245 g/mol. The van der Waals surface area contributed by atoms with Crippen LogP contribution in [0.4, 0.5) is 0 Å². The number of phenolic OH excluding ortho intramolecular Hbond substituents is 1. The third kappa shape index (κ3) is 3.17. The van der Waals surface area contributed by atoms with E-state index in [1.807, 2.05) is 24.3 Å². The van der Waals surface area contributed by atoms with Gasteiger partial charge in [-0.2, -0.15) is 0 Å². The van der Waals surface area contributed by atoms with Gasteiger partial charge in [0.2, 0.25) is 0 Å². The number of rotatable bonds is 3. The second kappa shape index (κ2) is 5.15. The molecule has 88 valence electrons. The number of hydrogen-bond donors (Lipinski definition) is 1. The first-order chi connectivity index (χ1) is 8.15.